The molecular formula is C19H26ClIN4O. The molecule has 0 saturated carbocycles. The molecule has 0 bridgehead atoms. The number of hydrogen-bond donors (Lipinski definition) is 2. The van der Waals surface area contributed by atoms with Crippen molar-refractivity contribution in [3.05, 3.63) is 57.9 Å². The molecule has 0 aliphatic heterocycles. The number of benzene rings is 1. The molecule has 0 unspecified atom stereocenters. The molecule has 1 aromatic heterocycles. The van der Waals surface area contributed by atoms with E-state index in [1.165, 1.54) is 0 Å². The second-order valence-corrected chi connectivity index (χ2v) is 6.15. The van der Waals surface area contributed by atoms with E-state index in [0.717, 1.165) is 52.1 Å². The number of rotatable bonds is 6. The fourth-order valence-electron chi connectivity index (χ4n) is 2.65. The van der Waals surface area contributed by atoms with Crippen molar-refractivity contribution in [1.29, 1.82) is 0 Å². The first kappa shape index (κ1) is 22.5. The van der Waals surface area contributed by atoms with Gasteiger partial charge in [0.15, 0.2) is 5.96 Å². The van der Waals surface area contributed by atoms with Gasteiger partial charge in [0.1, 0.15) is 5.75 Å². The van der Waals surface area contributed by atoms with Gasteiger partial charge in [0.25, 0.3) is 0 Å². The van der Waals surface area contributed by atoms with Crippen LogP contribution in [0.5, 0.6) is 5.75 Å². The lowest BCUT2D eigenvalue weighted by molar-refractivity contribution is 0.406. The Morgan fingerprint density at radius 1 is 1.23 bits per heavy atom. The van der Waals surface area contributed by atoms with E-state index >= 15 is 0 Å². The number of nitrogens with one attached hydrogen (secondary N) is 2. The Morgan fingerprint density at radius 3 is 2.62 bits per heavy atom. The zero-order valence-electron chi connectivity index (χ0n) is 15.6. The van der Waals surface area contributed by atoms with Crippen LogP contribution in [0.4, 0.5) is 0 Å². The summed E-state index contributed by atoms with van der Waals surface area (Å²) in [5, 5.41) is 7.37. The van der Waals surface area contributed by atoms with Gasteiger partial charge in [-0.1, -0.05) is 29.8 Å². The van der Waals surface area contributed by atoms with Crippen molar-refractivity contribution in [3.8, 4) is 5.75 Å². The van der Waals surface area contributed by atoms with Gasteiger partial charge in [-0.15, -0.1) is 24.0 Å². The summed E-state index contributed by atoms with van der Waals surface area (Å²) in [7, 11) is 3.43. The summed E-state index contributed by atoms with van der Waals surface area (Å²) >= 11 is 6.18. The summed E-state index contributed by atoms with van der Waals surface area (Å²) in [5.41, 5.74) is 4.14. The lowest BCUT2D eigenvalue weighted by Crippen LogP contribution is -2.38. The molecule has 0 aliphatic rings. The SMILES string of the molecule is CN=C(NCCc1ccccc1Cl)NCc1ncc(C)c(OC)c1C.I. The molecule has 0 saturated heterocycles. The molecule has 0 amide bonds. The van der Waals surface area contributed by atoms with E-state index in [0.29, 0.717) is 6.54 Å². The van der Waals surface area contributed by atoms with Crippen LogP contribution in [-0.4, -0.2) is 31.6 Å². The second-order valence-electron chi connectivity index (χ2n) is 5.74. The smallest absolute Gasteiger partial charge is 0.191 e. The number of aliphatic imine (C=N–C) groups is 1. The molecule has 0 atom stereocenters. The first-order chi connectivity index (χ1) is 12.1. The summed E-state index contributed by atoms with van der Waals surface area (Å²) in [5.74, 6) is 1.61. The number of guanidine groups is 1. The molecule has 2 aromatic rings. The minimum atomic E-state index is 0. The molecule has 0 aliphatic carbocycles. The molecule has 7 heteroatoms. The van der Waals surface area contributed by atoms with Gasteiger partial charge >= 0.3 is 0 Å². The van der Waals surface area contributed by atoms with Crippen LogP contribution in [0, 0.1) is 13.8 Å². The average Bonchev–Trinajstić information content (AvgIpc) is 2.61. The maximum absolute atomic E-state index is 6.18. The molecule has 26 heavy (non-hydrogen) atoms. The number of methoxy groups -OCH3 is 1. The van der Waals surface area contributed by atoms with Crippen LogP contribution in [0.1, 0.15) is 22.4 Å². The number of hydrogen-bond acceptors (Lipinski definition) is 3. The van der Waals surface area contributed by atoms with Gasteiger partial charge in [-0.3, -0.25) is 9.98 Å². The van der Waals surface area contributed by atoms with Gasteiger partial charge in [-0.2, -0.15) is 0 Å². The summed E-state index contributed by atoms with van der Waals surface area (Å²) in [6.45, 7) is 5.33. The maximum Gasteiger partial charge on any atom is 0.191 e. The van der Waals surface area contributed by atoms with E-state index in [1.54, 1.807) is 14.2 Å². The third-order valence-corrected chi connectivity index (χ3v) is 4.41. The van der Waals surface area contributed by atoms with Gasteiger partial charge in [0.2, 0.25) is 0 Å². The van der Waals surface area contributed by atoms with Gasteiger partial charge < -0.3 is 15.4 Å². The molecule has 0 radical (unpaired) electrons. The molecule has 0 spiro atoms. The van der Waals surface area contributed by atoms with Crippen LogP contribution in [0.2, 0.25) is 5.02 Å². The van der Waals surface area contributed by atoms with Crippen molar-refractivity contribution in [2.45, 2.75) is 26.8 Å². The van der Waals surface area contributed by atoms with Gasteiger partial charge in [0.05, 0.1) is 19.3 Å². The van der Waals surface area contributed by atoms with Crippen molar-refractivity contribution >= 4 is 41.5 Å². The Bertz CT molecular complexity index is 752. The van der Waals surface area contributed by atoms with E-state index in [1.807, 2.05) is 44.3 Å². The molecule has 1 heterocycles. The predicted octanol–water partition coefficient (Wildman–Crippen LogP) is 3.89. The summed E-state index contributed by atoms with van der Waals surface area (Å²) in [6, 6.07) is 7.87. The largest absolute Gasteiger partial charge is 0.496 e. The Hall–Kier alpha value is -1.54. The molecule has 0 fully saturated rings. The summed E-state index contributed by atoms with van der Waals surface area (Å²) in [6.07, 6.45) is 2.66. The first-order valence-corrected chi connectivity index (χ1v) is 8.61. The summed E-state index contributed by atoms with van der Waals surface area (Å²) < 4.78 is 5.45. The molecule has 2 rings (SSSR count). The number of halogens is 2. The third kappa shape index (κ3) is 6.02. The Balaban J connectivity index is 0.00000338. The van der Waals surface area contributed by atoms with Crippen LogP contribution >= 0.6 is 35.6 Å². The Morgan fingerprint density at radius 2 is 1.96 bits per heavy atom. The molecule has 1 aromatic carbocycles. The summed E-state index contributed by atoms with van der Waals surface area (Å²) in [4.78, 5) is 8.74. The Kier molecular flexibility index (Phi) is 9.72. The number of aryl methyl sites for hydroxylation is 1. The number of aromatic nitrogens is 1. The molecule has 5 nitrogen and oxygen atoms in total. The van der Waals surface area contributed by atoms with E-state index in [4.69, 9.17) is 16.3 Å². The highest BCUT2D eigenvalue weighted by Crippen LogP contribution is 2.23. The van der Waals surface area contributed by atoms with Crippen LogP contribution < -0.4 is 15.4 Å². The minimum absolute atomic E-state index is 0. The van der Waals surface area contributed by atoms with E-state index < -0.39 is 0 Å². The van der Waals surface area contributed by atoms with Crippen molar-refractivity contribution in [3.63, 3.8) is 0 Å². The minimum Gasteiger partial charge on any atom is -0.496 e. The van der Waals surface area contributed by atoms with Crippen LogP contribution in [0.3, 0.4) is 0 Å². The number of ether oxygens (including phenoxy) is 1. The van der Waals surface area contributed by atoms with E-state index in [9.17, 15) is 0 Å². The standard InChI is InChI=1S/C19H25ClN4O.HI/c1-13-11-23-17(14(2)18(13)25-4)12-24-19(21-3)22-10-9-15-7-5-6-8-16(15)20;/h5-8,11H,9-10,12H2,1-4H3,(H2,21,22,24);1H. The zero-order chi connectivity index (χ0) is 18.2. The highest BCUT2D eigenvalue weighted by Gasteiger charge is 2.10. The normalized spacial score (nSPS) is 10.9. The van der Waals surface area contributed by atoms with Crippen molar-refractivity contribution < 1.29 is 4.74 Å². The first-order valence-electron chi connectivity index (χ1n) is 8.23. The Labute approximate surface area is 177 Å². The van der Waals surface area contributed by atoms with E-state index in [-0.39, 0.29) is 24.0 Å². The number of pyridine rings is 1. The quantitative estimate of drug-likeness (QED) is 0.368. The molecule has 2 N–H and O–H groups in total. The zero-order valence-corrected chi connectivity index (χ0v) is 18.7. The maximum atomic E-state index is 6.18. The van der Waals surface area contributed by atoms with Crippen LogP contribution in [0.25, 0.3) is 0 Å². The van der Waals surface area contributed by atoms with Crippen molar-refractivity contribution in [2.24, 2.45) is 4.99 Å². The monoisotopic (exact) mass is 488 g/mol. The fourth-order valence-corrected chi connectivity index (χ4v) is 2.88. The lowest BCUT2D eigenvalue weighted by atomic mass is 10.1. The van der Waals surface area contributed by atoms with Gasteiger partial charge in [0, 0.05) is 35.9 Å². The highest BCUT2D eigenvalue weighted by atomic mass is 127. The number of nitrogens with zero attached hydrogens (tertiary/aromatic N) is 2. The van der Waals surface area contributed by atoms with E-state index in [2.05, 4.69) is 20.6 Å². The van der Waals surface area contributed by atoms with Gasteiger partial charge in [-0.05, 0) is 31.9 Å². The average molecular weight is 489 g/mol. The highest BCUT2D eigenvalue weighted by molar-refractivity contribution is 14.0. The van der Waals surface area contributed by atoms with Gasteiger partial charge in [-0.25, -0.2) is 0 Å². The fraction of sp³-hybridized carbons (Fsp3) is 0.368. The lowest BCUT2D eigenvalue weighted by Gasteiger charge is -2.15. The van der Waals surface area contributed by atoms with Crippen LogP contribution in [0.15, 0.2) is 35.5 Å². The topological polar surface area (TPSA) is 58.5 Å². The molecule has 142 valence electrons. The van der Waals surface area contributed by atoms with Crippen LogP contribution in [-0.2, 0) is 13.0 Å². The van der Waals surface area contributed by atoms with Crippen molar-refractivity contribution in [2.75, 3.05) is 20.7 Å². The molecular weight excluding hydrogens is 463 g/mol. The third-order valence-electron chi connectivity index (χ3n) is 4.04. The predicted molar refractivity (Wildman–Crippen MR) is 119 cm³/mol. The van der Waals surface area contributed by atoms with Crippen molar-refractivity contribution in [1.82, 2.24) is 15.6 Å². The second kappa shape index (κ2) is 11.2.